The molecule has 0 rings (SSSR count). The van der Waals surface area contributed by atoms with E-state index in [1.165, 1.54) is 89.9 Å². The number of rotatable bonds is 22. The number of nitrogens with zero attached hydrogens (tertiary/aromatic N) is 1. The molecule has 0 aromatic heterocycles. The Labute approximate surface area is 175 Å². The average molecular weight is 422 g/mol. The lowest BCUT2D eigenvalue weighted by atomic mass is 10.0. The molecule has 0 aliphatic heterocycles. The van der Waals surface area contributed by atoms with Crippen molar-refractivity contribution in [2.24, 2.45) is 0 Å². The van der Waals surface area contributed by atoms with Gasteiger partial charge in [-0.15, -0.1) is 0 Å². The minimum Gasteiger partial charge on any atom is -0.395 e. The molecule has 6 heteroatoms. The third kappa shape index (κ3) is 22.1. The Kier molecular flexibility index (Phi) is 20.0. The highest BCUT2D eigenvalue weighted by atomic mass is 32.2. The van der Waals surface area contributed by atoms with Crippen LogP contribution in [0.1, 0.15) is 110 Å². The lowest BCUT2D eigenvalue weighted by molar-refractivity contribution is 0.199. The summed E-state index contributed by atoms with van der Waals surface area (Å²) in [5, 5.41) is 9.05. The molecule has 0 spiro atoms. The number of hydrogen-bond acceptors (Lipinski definition) is 4. The Bertz CT molecular complexity index is 415. The Morgan fingerprint density at radius 1 is 0.607 bits per heavy atom. The average Bonchev–Trinajstić information content (AvgIpc) is 2.65. The van der Waals surface area contributed by atoms with Crippen molar-refractivity contribution >= 4 is 10.1 Å². The Balaban J connectivity index is 3.35. The van der Waals surface area contributed by atoms with E-state index >= 15 is 0 Å². The smallest absolute Gasteiger partial charge is 0.266 e. The summed E-state index contributed by atoms with van der Waals surface area (Å²) in [6.07, 6.45) is 21.3. The summed E-state index contributed by atoms with van der Waals surface area (Å²) in [6, 6.07) is 0. The fourth-order valence-corrected chi connectivity index (χ4v) is 4.09. The standard InChI is InChI=1S/C22H47NO4S/c1-2-3-4-5-6-7-8-9-10-11-12-13-14-15-16-17-18-23(19-21-24)20-22-28(25,26)27/h24H,2-22H2,1H3,(H,25,26,27). The molecular formula is C22H47NO4S. The fourth-order valence-electron chi connectivity index (χ4n) is 3.60. The van der Waals surface area contributed by atoms with E-state index in [9.17, 15) is 8.42 Å². The molecular weight excluding hydrogens is 374 g/mol. The highest BCUT2D eigenvalue weighted by Gasteiger charge is 2.10. The van der Waals surface area contributed by atoms with Gasteiger partial charge in [0.05, 0.1) is 12.4 Å². The van der Waals surface area contributed by atoms with Crippen molar-refractivity contribution in [3.63, 3.8) is 0 Å². The van der Waals surface area contributed by atoms with Gasteiger partial charge in [0.15, 0.2) is 0 Å². The van der Waals surface area contributed by atoms with E-state index < -0.39 is 10.1 Å². The SMILES string of the molecule is CCCCCCCCCCCCCCCCCCN(CCO)CCS(=O)(=O)O. The molecule has 5 nitrogen and oxygen atoms in total. The quantitative estimate of drug-likeness (QED) is 0.180. The summed E-state index contributed by atoms with van der Waals surface area (Å²) in [5.74, 6) is -0.258. The first kappa shape index (κ1) is 27.8. The maximum Gasteiger partial charge on any atom is 0.266 e. The first-order valence-corrected chi connectivity index (χ1v) is 13.4. The van der Waals surface area contributed by atoms with E-state index in [-0.39, 0.29) is 18.9 Å². The molecule has 0 radical (unpaired) electrons. The Hall–Kier alpha value is -0.170. The highest BCUT2D eigenvalue weighted by molar-refractivity contribution is 7.85. The number of unbranched alkanes of at least 4 members (excludes halogenated alkanes) is 15. The van der Waals surface area contributed by atoms with Crippen molar-refractivity contribution < 1.29 is 18.1 Å². The van der Waals surface area contributed by atoms with Crippen molar-refractivity contribution in [2.45, 2.75) is 110 Å². The molecule has 0 aliphatic carbocycles. The zero-order chi connectivity index (χ0) is 20.9. The Morgan fingerprint density at radius 2 is 1.00 bits per heavy atom. The van der Waals surface area contributed by atoms with Gasteiger partial charge in [-0.2, -0.15) is 8.42 Å². The highest BCUT2D eigenvalue weighted by Crippen LogP contribution is 2.13. The zero-order valence-electron chi connectivity index (χ0n) is 18.4. The van der Waals surface area contributed by atoms with Gasteiger partial charge in [-0.3, -0.25) is 9.45 Å². The van der Waals surface area contributed by atoms with Crippen LogP contribution in [0.3, 0.4) is 0 Å². The maximum absolute atomic E-state index is 10.8. The topological polar surface area (TPSA) is 77.8 Å². The lowest BCUT2D eigenvalue weighted by Gasteiger charge is -2.20. The summed E-state index contributed by atoms with van der Waals surface area (Å²) in [5.41, 5.74) is 0. The molecule has 0 aromatic carbocycles. The third-order valence-corrected chi connectivity index (χ3v) is 6.11. The summed E-state index contributed by atoms with van der Waals surface area (Å²) in [7, 11) is -3.92. The van der Waals surface area contributed by atoms with Crippen molar-refractivity contribution in [1.29, 1.82) is 0 Å². The number of hydrogen-bond donors (Lipinski definition) is 2. The monoisotopic (exact) mass is 421 g/mol. The third-order valence-electron chi connectivity index (χ3n) is 5.41. The molecule has 0 fully saturated rings. The van der Waals surface area contributed by atoms with Gasteiger partial charge in [0.1, 0.15) is 0 Å². The van der Waals surface area contributed by atoms with Gasteiger partial charge in [-0.1, -0.05) is 103 Å². The minimum absolute atomic E-state index is 0.0182. The van der Waals surface area contributed by atoms with Crippen LogP contribution in [0.4, 0.5) is 0 Å². The molecule has 0 atom stereocenters. The molecule has 0 aliphatic rings. The predicted molar refractivity (Wildman–Crippen MR) is 119 cm³/mol. The predicted octanol–water partition coefficient (Wildman–Crippen LogP) is 5.43. The first-order chi connectivity index (χ1) is 13.5. The first-order valence-electron chi connectivity index (χ1n) is 11.8. The molecule has 0 saturated heterocycles. The zero-order valence-corrected chi connectivity index (χ0v) is 19.2. The van der Waals surface area contributed by atoms with Gasteiger partial charge in [-0.25, -0.2) is 0 Å². The summed E-state index contributed by atoms with van der Waals surface area (Å²) >= 11 is 0. The molecule has 0 bridgehead atoms. The molecule has 0 aromatic rings. The normalized spacial score (nSPS) is 12.1. The summed E-state index contributed by atoms with van der Waals surface area (Å²) in [4.78, 5) is 1.91. The van der Waals surface area contributed by atoms with Crippen molar-refractivity contribution in [3.05, 3.63) is 0 Å². The van der Waals surface area contributed by atoms with Gasteiger partial charge in [0.2, 0.25) is 0 Å². The van der Waals surface area contributed by atoms with Crippen molar-refractivity contribution in [3.8, 4) is 0 Å². The molecule has 0 heterocycles. The van der Waals surface area contributed by atoms with Crippen LogP contribution < -0.4 is 0 Å². The van der Waals surface area contributed by atoms with Crippen LogP contribution in [0.25, 0.3) is 0 Å². The summed E-state index contributed by atoms with van der Waals surface area (Å²) < 4.78 is 30.5. The van der Waals surface area contributed by atoms with E-state index in [0.717, 1.165) is 19.4 Å². The van der Waals surface area contributed by atoms with Gasteiger partial charge in [-0.05, 0) is 13.0 Å². The largest absolute Gasteiger partial charge is 0.395 e. The fraction of sp³-hybridized carbons (Fsp3) is 1.00. The summed E-state index contributed by atoms with van der Waals surface area (Å²) in [6.45, 7) is 3.83. The van der Waals surface area contributed by atoms with Crippen LogP contribution in [-0.2, 0) is 10.1 Å². The van der Waals surface area contributed by atoms with Crippen LogP contribution in [0.15, 0.2) is 0 Å². The maximum atomic E-state index is 10.8. The van der Waals surface area contributed by atoms with E-state index in [2.05, 4.69) is 6.92 Å². The number of aliphatic hydroxyl groups excluding tert-OH is 1. The number of aliphatic hydroxyl groups is 1. The van der Waals surface area contributed by atoms with Crippen LogP contribution in [0.5, 0.6) is 0 Å². The molecule has 0 amide bonds. The molecule has 170 valence electrons. The molecule has 0 saturated carbocycles. The second-order valence-electron chi connectivity index (χ2n) is 8.15. The molecule has 0 unspecified atom stereocenters. The second-order valence-corrected chi connectivity index (χ2v) is 9.73. The molecule has 28 heavy (non-hydrogen) atoms. The molecule has 2 N–H and O–H groups in total. The van der Waals surface area contributed by atoms with Crippen molar-refractivity contribution in [2.75, 3.05) is 32.0 Å². The Morgan fingerprint density at radius 3 is 1.36 bits per heavy atom. The van der Waals surface area contributed by atoms with Crippen LogP contribution >= 0.6 is 0 Å². The van der Waals surface area contributed by atoms with E-state index in [1.807, 2.05) is 4.90 Å². The van der Waals surface area contributed by atoms with Crippen LogP contribution in [0.2, 0.25) is 0 Å². The van der Waals surface area contributed by atoms with Crippen LogP contribution in [-0.4, -0.2) is 55.0 Å². The minimum atomic E-state index is -3.92. The second kappa shape index (κ2) is 20.1. The van der Waals surface area contributed by atoms with Gasteiger partial charge in [0, 0.05) is 13.1 Å². The van der Waals surface area contributed by atoms with Gasteiger partial charge < -0.3 is 5.11 Å². The van der Waals surface area contributed by atoms with Gasteiger partial charge >= 0.3 is 0 Å². The van der Waals surface area contributed by atoms with Crippen LogP contribution in [0, 0.1) is 0 Å². The van der Waals surface area contributed by atoms with E-state index in [0.29, 0.717) is 6.54 Å². The van der Waals surface area contributed by atoms with E-state index in [1.54, 1.807) is 0 Å². The van der Waals surface area contributed by atoms with Crippen molar-refractivity contribution in [1.82, 2.24) is 4.90 Å². The van der Waals surface area contributed by atoms with Gasteiger partial charge in [0.25, 0.3) is 10.1 Å². The lowest BCUT2D eigenvalue weighted by Crippen LogP contribution is -2.32. The van der Waals surface area contributed by atoms with E-state index in [4.69, 9.17) is 9.66 Å².